The van der Waals surface area contributed by atoms with E-state index in [1.807, 2.05) is 6.92 Å². The Morgan fingerprint density at radius 3 is 2.85 bits per heavy atom. The predicted molar refractivity (Wildman–Crippen MR) is 77.1 cm³/mol. The first kappa shape index (κ1) is 15.1. The lowest BCUT2D eigenvalue weighted by molar-refractivity contribution is 0.0782. The van der Waals surface area contributed by atoms with Crippen molar-refractivity contribution in [3.63, 3.8) is 0 Å². The van der Waals surface area contributed by atoms with E-state index in [1.165, 1.54) is 25.0 Å². The fourth-order valence-electron chi connectivity index (χ4n) is 2.84. The minimum Gasteiger partial charge on any atom is -0.300 e. The van der Waals surface area contributed by atoms with Crippen LogP contribution in [0.15, 0.2) is 18.3 Å². The zero-order valence-electron chi connectivity index (χ0n) is 12.5. The summed E-state index contributed by atoms with van der Waals surface area (Å²) in [6, 6.07) is 3.29. The number of rotatable bonds is 4. The van der Waals surface area contributed by atoms with Crippen molar-refractivity contribution < 1.29 is 9.18 Å². The van der Waals surface area contributed by atoms with Gasteiger partial charge in [0, 0.05) is 25.0 Å². The summed E-state index contributed by atoms with van der Waals surface area (Å²) in [5, 5.41) is 0. The number of pyridine rings is 1. The largest absolute Gasteiger partial charge is 0.300 e. The number of carbonyl (C=O) groups is 1. The van der Waals surface area contributed by atoms with Crippen LogP contribution in [0.3, 0.4) is 0 Å². The van der Waals surface area contributed by atoms with Crippen LogP contribution in [0.4, 0.5) is 4.39 Å². The Kier molecular flexibility index (Phi) is 4.86. The van der Waals surface area contributed by atoms with Crippen LogP contribution >= 0.6 is 0 Å². The lowest BCUT2D eigenvalue weighted by atomic mass is 9.93. The Hall–Kier alpha value is -1.29. The van der Waals surface area contributed by atoms with Gasteiger partial charge in [-0.3, -0.25) is 14.7 Å². The normalized spacial score (nSPS) is 25.4. The Labute approximate surface area is 120 Å². The van der Waals surface area contributed by atoms with Crippen LogP contribution in [-0.4, -0.2) is 34.8 Å². The van der Waals surface area contributed by atoms with Gasteiger partial charge in [-0.1, -0.05) is 13.8 Å². The van der Waals surface area contributed by atoms with E-state index < -0.39 is 5.82 Å². The number of hydrogen-bond donors (Lipinski definition) is 0. The van der Waals surface area contributed by atoms with Crippen molar-refractivity contribution in [2.24, 2.45) is 11.8 Å². The van der Waals surface area contributed by atoms with E-state index in [-0.39, 0.29) is 11.7 Å². The molecule has 20 heavy (non-hydrogen) atoms. The number of Topliss-reactive ketones (excluding diaryl/α,β-unsaturated/α-hetero) is 1. The van der Waals surface area contributed by atoms with Gasteiger partial charge in [-0.05, 0) is 37.8 Å². The second kappa shape index (κ2) is 6.44. The lowest BCUT2D eigenvalue weighted by Crippen LogP contribution is -2.44. The van der Waals surface area contributed by atoms with Crippen LogP contribution in [0.2, 0.25) is 0 Å². The van der Waals surface area contributed by atoms with Crippen molar-refractivity contribution in [3.8, 4) is 0 Å². The summed E-state index contributed by atoms with van der Waals surface area (Å²) in [6.07, 6.45) is 3.56. The van der Waals surface area contributed by atoms with Gasteiger partial charge in [0.15, 0.2) is 5.78 Å². The molecule has 2 heterocycles. The molecule has 0 N–H and O–H groups in total. The molecule has 2 rings (SSSR count). The molecule has 4 heteroatoms. The molecule has 0 aliphatic carbocycles. The third-order valence-corrected chi connectivity index (χ3v) is 4.18. The van der Waals surface area contributed by atoms with E-state index in [2.05, 4.69) is 23.7 Å². The van der Waals surface area contributed by atoms with Gasteiger partial charge in [-0.2, -0.15) is 0 Å². The third-order valence-electron chi connectivity index (χ3n) is 4.18. The van der Waals surface area contributed by atoms with Crippen molar-refractivity contribution in [1.29, 1.82) is 0 Å². The number of piperidine rings is 1. The maximum Gasteiger partial charge on any atom is 0.185 e. The second-order valence-electron chi connectivity index (χ2n) is 6.11. The first-order valence-corrected chi connectivity index (χ1v) is 7.37. The second-order valence-corrected chi connectivity index (χ2v) is 6.11. The van der Waals surface area contributed by atoms with Crippen molar-refractivity contribution in [1.82, 2.24) is 9.88 Å². The minimum atomic E-state index is -0.410. The average Bonchev–Trinajstić information content (AvgIpc) is 2.43. The maximum absolute atomic E-state index is 12.8. The van der Waals surface area contributed by atoms with Gasteiger partial charge in [0.25, 0.3) is 0 Å². The topological polar surface area (TPSA) is 33.2 Å². The summed E-state index contributed by atoms with van der Waals surface area (Å²) in [4.78, 5) is 18.6. The van der Waals surface area contributed by atoms with Crippen molar-refractivity contribution in [2.75, 3.05) is 13.1 Å². The maximum atomic E-state index is 12.8. The average molecular weight is 278 g/mol. The predicted octanol–water partition coefficient (Wildman–Crippen LogP) is 3.16. The van der Waals surface area contributed by atoms with Crippen LogP contribution in [0.1, 0.15) is 44.1 Å². The summed E-state index contributed by atoms with van der Waals surface area (Å²) in [5.41, 5.74) is 0.358. The molecule has 0 aromatic carbocycles. The van der Waals surface area contributed by atoms with Gasteiger partial charge in [0.1, 0.15) is 11.5 Å². The number of halogens is 1. The molecular formula is C16H23FN2O. The van der Waals surface area contributed by atoms with Crippen molar-refractivity contribution in [3.05, 3.63) is 29.8 Å². The molecule has 1 aromatic heterocycles. The number of ketones is 1. The molecule has 0 spiro atoms. The zero-order valence-corrected chi connectivity index (χ0v) is 12.5. The summed E-state index contributed by atoms with van der Waals surface area (Å²) in [6.45, 7) is 8.21. The molecule has 1 fully saturated rings. The Bertz CT molecular complexity index is 460. The van der Waals surface area contributed by atoms with E-state index in [4.69, 9.17) is 0 Å². The molecule has 1 aliphatic rings. The van der Waals surface area contributed by atoms with Gasteiger partial charge < -0.3 is 0 Å². The summed E-state index contributed by atoms with van der Waals surface area (Å²) in [7, 11) is 0. The highest BCUT2D eigenvalue weighted by Gasteiger charge is 2.26. The molecule has 1 aromatic rings. The fraction of sp³-hybridized carbons (Fsp3) is 0.625. The Balaban J connectivity index is 1.98. The van der Waals surface area contributed by atoms with Gasteiger partial charge in [-0.15, -0.1) is 0 Å². The Morgan fingerprint density at radius 1 is 1.45 bits per heavy atom. The van der Waals surface area contributed by atoms with Crippen molar-refractivity contribution >= 4 is 5.78 Å². The summed E-state index contributed by atoms with van der Waals surface area (Å²) < 4.78 is 12.8. The lowest BCUT2D eigenvalue weighted by Gasteiger charge is -2.37. The SMILES string of the molecule is CC1CCC(C)N(CC(C)C(=O)c2ccc(F)cn2)C1. The number of aromatic nitrogens is 1. The first-order chi connectivity index (χ1) is 9.47. The number of carbonyl (C=O) groups excluding carboxylic acids is 1. The van der Waals surface area contributed by atoms with Crippen LogP contribution in [-0.2, 0) is 0 Å². The van der Waals surface area contributed by atoms with Gasteiger partial charge in [-0.25, -0.2) is 4.39 Å². The summed E-state index contributed by atoms with van der Waals surface area (Å²) in [5.74, 6) is 0.168. The smallest absolute Gasteiger partial charge is 0.185 e. The molecule has 0 saturated carbocycles. The molecule has 0 bridgehead atoms. The minimum absolute atomic E-state index is 0.00423. The van der Waals surface area contributed by atoms with Gasteiger partial charge in [0.05, 0.1) is 6.20 Å². The van der Waals surface area contributed by atoms with Gasteiger partial charge in [0.2, 0.25) is 0 Å². The fourth-order valence-corrected chi connectivity index (χ4v) is 2.84. The summed E-state index contributed by atoms with van der Waals surface area (Å²) >= 11 is 0. The van der Waals surface area contributed by atoms with Crippen LogP contribution in [0.25, 0.3) is 0 Å². The van der Waals surface area contributed by atoms with E-state index in [9.17, 15) is 9.18 Å². The molecule has 0 amide bonds. The van der Waals surface area contributed by atoms with E-state index in [0.29, 0.717) is 17.7 Å². The van der Waals surface area contributed by atoms with E-state index >= 15 is 0 Å². The molecule has 1 aliphatic heterocycles. The van der Waals surface area contributed by atoms with Crippen LogP contribution < -0.4 is 0 Å². The Morgan fingerprint density at radius 2 is 2.20 bits per heavy atom. The monoisotopic (exact) mass is 278 g/mol. The molecule has 3 unspecified atom stereocenters. The number of nitrogens with zero attached hydrogens (tertiary/aromatic N) is 2. The molecule has 3 nitrogen and oxygen atoms in total. The highest BCUT2D eigenvalue weighted by molar-refractivity contribution is 5.95. The van der Waals surface area contributed by atoms with Crippen molar-refractivity contribution in [2.45, 2.75) is 39.7 Å². The van der Waals surface area contributed by atoms with Crippen LogP contribution in [0.5, 0.6) is 0 Å². The van der Waals surface area contributed by atoms with E-state index in [0.717, 1.165) is 19.3 Å². The quantitative estimate of drug-likeness (QED) is 0.793. The highest BCUT2D eigenvalue weighted by atomic mass is 19.1. The highest BCUT2D eigenvalue weighted by Crippen LogP contribution is 2.22. The zero-order chi connectivity index (χ0) is 14.7. The molecule has 110 valence electrons. The molecule has 3 atom stereocenters. The standard InChI is InChI=1S/C16H23FN2O/c1-11-4-5-13(3)19(9-11)10-12(2)16(20)15-7-6-14(17)8-18-15/h6-8,11-13H,4-5,9-10H2,1-3H3. The molecular weight excluding hydrogens is 255 g/mol. The first-order valence-electron chi connectivity index (χ1n) is 7.37. The third kappa shape index (κ3) is 3.63. The molecule has 1 saturated heterocycles. The van der Waals surface area contributed by atoms with E-state index in [1.54, 1.807) is 0 Å². The number of likely N-dealkylation sites (tertiary alicyclic amines) is 1. The van der Waals surface area contributed by atoms with Gasteiger partial charge >= 0.3 is 0 Å². The number of hydrogen-bond acceptors (Lipinski definition) is 3. The molecule has 0 radical (unpaired) electrons. The van der Waals surface area contributed by atoms with Crippen LogP contribution in [0, 0.1) is 17.7 Å².